The highest BCUT2D eigenvalue weighted by Crippen LogP contribution is 2.02. The Kier molecular flexibility index (Phi) is 4.03. The van der Waals surface area contributed by atoms with Crippen molar-refractivity contribution in [2.45, 2.75) is 0 Å². The fraction of sp³-hybridized carbons (Fsp3) is 0.250. The van der Waals surface area contributed by atoms with Gasteiger partial charge in [0.05, 0.1) is 6.54 Å². The molecule has 9 nitrogen and oxygen atoms in total. The average molecular weight is 243 g/mol. The maximum atomic E-state index is 11.3. The Bertz CT molecular complexity index is 440. The summed E-state index contributed by atoms with van der Waals surface area (Å²) in [6.07, 6.45) is -0.950. The van der Waals surface area contributed by atoms with Crippen LogP contribution in [-0.2, 0) is 4.74 Å². The van der Waals surface area contributed by atoms with Crippen molar-refractivity contribution in [2.24, 2.45) is 5.73 Å². The number of nitrogens with zero attached hydrogens (tertiary/aromatic N) is 1. The van der Waals surface area contributed by atoms with Gasteiger partial charge in [0.15, 0.2) is 5.69 Å². The topological polar surface area (TPSA) is 145 Å². The van der Waals surface area contributed by atoms with E-state index in [1.807, 2.05) is 0 Å². The van der Waals surface area contributed by atoms with E-state index < -0.39 is 23.7 Å². The van der Waals surface area contributed by atoms with E-state index in [-0.39, 0.29) is 18.8 Å². The molecule has 0 unspecified atom stereocenters. The zero-order valence-electron chi connectivity index (χ0n) is 8.50. The summed E-state index contributed by atoms with van der Waals surface area (Å²) in [4.78, 5) is 31.9. The summed E-state index contributed by atoms with van der Waals surface area (Å²) in [6.45, 7) is -0.0677. The van der Waals surface area contributed by atoms with E-state index >= 15 is 0 Å². The lowest BCUT2D eigenvalue weighted by Gasteiger charge is -2.02. The number of carboxylic acid groups (broad SMARTS) is 1. The molecule has 0 bridgehead atoms. The normalized spacial score (nSPS) is 9.65. The molecule has 0 spiro atoms. The number of hydrogen-bond donors (Lipinski definition) is 3. The number of nitrogens with two attached hydrogens (primary N) is 1. The zero-order chi connectivity index (χ0) is 12.8. The molecule has 0 radical (unpaired) electrons. The Balaban J connectivity index is 2.41. The Morgan fingerprint density at radius 1 is 1.53 bits per heavy atom. The van der Waals surface area contributed by atoms with E-state index in [9.17, 15) is 14.4 Å². The minimum Gasteiger partial charge on any atom is -0.475 e. The van der Waals surface area contributed by atoms with E-state index in [2.05, 4.69) is 19.7 Å². The number of carbonyl (C=O) groups excluding carboxylic acids is 2. The van der Waals surface area contributed by atoms with Crippen molar-refractivity contribution >= 4 is 18.0 Å². The van der Waals surface area contributed by atoms with Crippen LogP contribution in [0.4, 0.5) is 4.79 Å². The van der Waals surface area contributed by atoms with Crippen LogP contribution in [0.1, 0.15) is 21.0 Å². The number of nitrogens with one attached hydrogen (secondary N) is 1. The molecule has 4 N–H and O–H groups in total. The van der Waals surface area contributed by atoms with Gasteiger partial charge in [-0.15, -0.1) is 0 Å². The number of primary amides is 1. The molecule has 1 aromatic heterocycles. The molecule has 0 aromatic carbocycles. The van der Waals surface area contributed by atoms with E-state index in [0.29, 0.717) is 0 Å². The number of aromatic carboxylic acids is 1. The highest BCUT2D eigenvalue weighted by atomic mass is 16.5. The van der Waals surface area contributed by atoms with Crippen LogP contribution in [0.15, 0.2) is 10.6 Å². The van der Waals surface area contributed by atoms with Crippen LogP contribution >= 0.6 is 0 Å². The van der Waals surface area contributed by atoms with Crippen LogP contribution in [0.25, 0.3) is 0 Å². The maximum absolute atomic E-state index is 11.3. The van der Waals surface area contributed by atoms with E-state index in [1.54, 1.807) is 0 Å². The lowest BCUT2D eigenvalue weighted by molar-refractivity contribution is 0.0651. The van der Waals surface area contributed by atoms with E-state index in [0.717, 1.165) is 6.07 Å². The largest absolute Gasteiger partial charge is 0.475 e. The molecule has 1 aromatic rings. The summed E-state index contributed by atoms with van der Waals surface area (Å²) in [7, 11) is 0. The second-order valence-electron chi connectivity index (χ2n) is 2.80. The predicted octanol–water partition coefficient (Wildman–Crippen LogP) is -0.802. The van der Waals surface area contributed by atoms with E-state index in [1.165, 1.54) is 0 Å². The summed E-state index contributed by atoms with van der Waals surface area (Å²) in [5.41, 5.74) is 4.51. The van der Waals surface area contributed by atoms with Crippen molar-refractivity contribution in [3.8, 4) is 0 Å². The average Bonchev–Trinajstić information content (AvgIpc) is 2.73. The van der Waals surface area contributed by atoms with Crippen molar-refractivity contribution in [3.63, 3.8) is 0 Å². The molecular formula is C8H9N3O6. The summed E-state index contributed by atoms with van der Waals surface area (Å²) < 4.78 is 8.73. The Morgan fingerprint density at radius 3 is 2.76 bits per heavy atom. The van der Waals surface area contributed by atoms with Crippen molar-refractivity contribution in [1.29, 1.82) is 0 Å². The van der Waals surface area contributed by atoms with Gasteiger partial charge in [-0.2, -0.15) is 0 Å². The monoisotopic (exact) mass is 243 g/mol. The van der Waals surface area contributed by atoms with Crippen LogP contribution in [0.3, 0.4) is 0 Å². The molecule has 0 saturated heterocycles. The van der Waals surface area contributed by atoms with Crippen molar-refractivity contribution < 1.29 is 28.8 Å². The van der Waals surface area contributed by atoms with E-state index in [4.69, 9.17) is 10.8 Å². The van der Waals surface area contributed by atoms with Crippen LogP contribution in [-0.4, -0.2) is 41.4 Å². The van der Waals surface area contributed by atoms with Gasteiger partial charge in [-0.05, 0) is 0 Å². The highest BCUT2D eigenvalue weighted by Gasteiger charge is 2.16. The molecular weight excluding hydrogens is 234 g/mol. The van der Waals surface area contributed by atoms with Gasteiger partial charge in [-0.1, -0.05) is 5.16 Å². The van der Waals surface area contributed by atoms with Crippen molar-refractivity contribution in [2.75, 3.05) is 13.2 Å². The number of carbonyl (C=O) groups is 3. The zero-order valence-corrected chi connectivity index (χ0v) is 8.50. The minimum atomic E-state index is -1.33. The Labute approximate surface area is 94.5 Å². The second-order valence-corrected chi connectivity index (χ2v) is 2.80. The van der Waals surface area contributed by atoms with Crippen molar-refractivity contribution in [1.82, 2.24) is 10.5 Å². The van der Waals surface area contributed by atoms with Crippen molar-refractivity contribution in [3.05, 3.63) is 17.5 Å². The fourth-order valence-electron chi connectivity index (χ4n) is 0.890. The number of ether oxygens (including phenoxy) is 1. The van der Waals surface area contributed by atoms with Gasteiger partial charge >= 0.3 is 12.1 Å². The molecule has 17 heavy (non-hydrogen) atoms. The van der Waals surface area contributed by atoms with Gasteiger partial charge in [-0.3, -0.25) is 4.79 Å². The quantitative estimate of drug-likeness (QED) is 0.573. The molecule has 0 saturated carbocycles. The van der Waals surface area contributed by atoms with Crippen LogP contribution in [0, 0.1) is 0 Å². The number of rotatable bonds is 5. The maximum Gasteiger partial charge on any atom is 0.404 e. The first-order chi connectivity index (χ1) is 8.00. The first-order valence-corrected chi connectivity index (χ1v) is 4.41. The number of amides is 2. The first kappa shape index (κ1) is 12.5. The summed E-state index contributed by atoms with van der Waals surface area (Å²) in [5.74, 6) is -2.41. The fourth-order valence-corrected chi connectivity index (χ4v) is 0.890. The molecule has 1 heterocycles. The third-order valence-corrected chi connectivity index (χ3v) is 1.59. The summed E-state index contributed by atoms with van der Waals surface area (Å²) in [5, 5.41) is 14.1. The van der Waals surface area contributed by atoms with Gasteiger partial charge < -0.3 is 25.4 Å². The molecule has 9 heteroatoms. The second kappa shape index (κ2) is 5.49. The minimum absolute atomic E-state index is 0.0248. The number of carboxylic acids is 1. The molecule has 0 fully saturated rings. The van der Waals surface area contributed by atoms with Gasteiger partial charge in [0.2, 0.25) is 5.76 Å². The van der Waals surface area contributed by atoms with Gasteiger partial charge in [0.25, 0.3) is 5.91 Å². The number of aromatic nitrogens is 1. The molecule has 0 atom stereocenters. The van der Waals surface area contributed by atoms with Crippen LogP contribution in [0.5, 0.6) is 0 Å². The summed E-state index contributed by atoms with van der Waals surface area (Å²) >= 11 is 0. The predicted molar refractivity (Wildman–Crippen MR) is 51.3 cm³/mol. The third kappa shape index (κ3) is 3.81. The molecule has 2 amide bonds. The molecule has 0 aliphatic rings. The van der Waals surface area contributed by atoms with Crippen LogP contribution in [0.2, 0.25) is 0 Å². The lowest BCUT2D eigenvalue weighted by atomic mass is 10.3. The number of hydrogen-bond acceptors (Lipinski definition) is 6. The summed E-state index contributed by atoms with van der Waals surface area (Å²) in [6, 6.07) is 0.979. The van der Waals surface area contributed by atoms with Gasteiger partial charge in [-0.25, -0.2) is 9.59 Å². The Morgan fingerprint density at radius 2 is 2.24 bits per heavy atom. The SMILES string of the molecule is NC(=O)OCCNC(=O)c1cc(C(=O)O)on1. The molecule has 0 aliphatic carbocycles. The van der Waals surface area contributed by atoms with Gasteiger partial charge in [0, 0.05) is 6.07 Å². The molecule has 0 aliphatic heterocycles. The first-order valence-electron chi connectivity index (χ1n) is 4.41. The van der Waals surface area contributed by atoms with Gasteiger partial charge in [0.1, 0.15) is 6.61 Å². The third-order valence-electron chi connectivity index (χ3n) is 1.59. The highest BCUT2D eigenvalue weighted by molar-refractivity contribution is 5.94. The molecule has 92 valence electrons. The lowest BCUT2D eigenvalue weighted by Crippen LogP contribution is -2.29. The Hall–Kier alpha value is -2.58. The molecule has 1 rings (SSSR count). The standard InChI is InChI=1S/C8H9N3O6/c9-8(15)16-2-1-10-6(12)4-3-5(7(13)14)17-11-4/h3H,1-2H2,(H2,9,15)(H,10,12)(H,13,14). The van der Waals surface area contributed by atoms with Crippen LogP contribution < -0.4 is 11.1 Å². The smallest absolute Gasteiger partial charge is 0.404 e.